The van der Waals surface area contributed by atoms with E-state index in [-0.39, 0.29) is 0 Å². The van der Waals surface area contributed by atoms with Gasteiger partial charge < -0.3 is 4.52 Å². The summed E-state index contributed by atoms with van der Waals surface area (Å²) < 4.78 is 4.73. The first-order valence-corrected chi connectivity index (χ1v) is 2.90. The standard InChI is InChI=1S/C6H5N3O/c1-4-5-2-7-8-6(5)3-10-9-4/h2-3H,1H3. The maximum absolute atomic E-state index is 4.73. The van der Waals surface area contributed by atoms with Crippen LogP contribution in [0, 0.1) is 6.92 Å². The van der Waals surface area contributed by atoms with Gasteiger partial charge in [-0.05, 0) is 6.92 Å². The van der Waals surface area contributed by atoms with Crippen molar-refractivity contribution in [3.63, 3.8) is 0 Å². The van der Waals surface area contributed by atoms with Crippen LogP contribution in [0.4, 0.5) is 0 Å². The minimum absolute atomic E-state index is 0.757. The van der Waals surface area contributed by atoms with E-state index in [2.05, 4.69) is 15.4 Å². The Morgan fingerprint density at radius 1 is 1.50 bits per heavy atom. The summed E-state index contributed by atoms with van der Waals surface area (Å²) in [6.07, 6.45) is 3.16. The Hall–Kier alpha value is -1.45. The van der Waals surface area contributed by atoms with E-state index in [1.165, 1.54) is 6.26 Å². The maximum Gasteiger partial charge on any atom is 0.150 e. The molecule has 0 aliphatic carbocycles. The highest BCUT2D eigenvalue weighted by atomic mass is 16.4. The van der Waals surface area contributed by atoms with Crippen LogP contribution in [-0.4, -0.2) is 15.4 Å². The lowest BCUT2D eigenvalue weighted by Gasteiger charge is -1.93. The number of aryl methyl sites for hydroxylation is 1. The Labute approximate surface area is 57.2 Å². The van der Waals surface area contributed by atoms with Crippen molar-refractivity contribution in [1.82, 2.24) is 15.4 Å². The monoisotopic (exact) mass is 135 g/mol. The Morgan fingerprint density at radius 2 is 2.40 bits per heavy atom. The topological polar surface area (TPSA) is 51.8 Å². The first-order valence-electron chi connectivity index (χ1n) is 2.90. The third kappa shape index (κ3) is 0.586. The van der Waals surface area contributed by atoms with E-state index in [0.29, 0.717) is 0 Å². The van der Waals surface area contributed by atoms with Crippen molar-refractivity contribution in [2.24, 2.45) is 0 Å². The predicted octanol–water partition coefficient (Wildman–Crippen LogP) is 0.878. The summed E-state index contributed by atoms with van der Waals surface area (Å²) in [6, 6.07) is 0. The van der Waals surface area contributed by atoms with E-state index in [1.807, 2.05) is 6.92 Å². The molecule has 0 unspecified atom stereocenters. The van der Waals surface area contributed by atoms with Gasteiger partial charge in [-0.1, -0.05) is 5.16 Å². The molecule has 0 bridgehead atoms. The van der Waals surface area contributed by atoms with Gasteiger partial charge in [0.25, 0.3) is 0 Å². The normalized spacial score (nSPS) is 10.5. The summed E-state index contributed by atoms with van der Waals surface area (Å²) in [7, 11) is 0. The van der Waals surface area contributed by atoms with Gasteiger partial charge >= 0.3 is 0 Å². The molecule has 0 aromatic rings. The molecule has 2 heterocycles. The molecule has 2 aliphatic heterocycles. The summed E-state index contributed by atoms with van der Waals surface area (Å²) in [4.78, 5) is 0. The quantitative estimate of drug-likeness (QED) is 0.538. The zero-order valence-corrected chi connectivity index (χ0v) is 5.40. The fourth-order valence-electron chi connectivity index (χ4n) is 0.839. The third-order valence-electron chi connectivity index (χ3n) is 1.37. The molecule has 0 aromatic heterocycles. The largest absolute Gasteiger partial charge is 0.362 e. The van der Waals surface area contributed by atoms with Crippen molar-refractivity contribution in [1.29, 1.82) is 0 Å². The number of hydrogen-bond acceptors (Lipinski definition) is 4. The maximum atomic E-state index is 4.73. The van der Waals surface area contributed by atoms with E-state index in [4.69, 9.17) is 4.52 Å². The predicted molar refractivity (Wildman–Crippen MR) is 33.5 cm³/mol. The second-order valence-electron chi connectivity index (χ2n) is 2.04. The molecule has 0 atom stereocenters. The van der Waals surface area contributed by atoms with Crippen LogP contribution < -0.4 is 0 Å². The van der Waals surface area contributed by atoms with Crippen molar-refractivity contribution in [2.45, 2.75) is 6.92 Å². The highest BCUT2D eigenvalue weighted by Crippen LogP contribution is 2.18. The van der Waals surface area contributed by atoms with E-state index in [9.17, 15) is 0 Å². The van der Waals surface area contributed by atoms with Crippen LogP contribution in [0.3, 0.4) is 0 Å². The van der Waals surface area contributed by atoms with Crippen molar-refractivity contribution in [3.8, 4) is 11.3 Å². The van der Waals surface area contributed by atoms with E-state index in [1.54, 1.807) is 6.20 Å². The minimum atomic E-state index is 0.757. The summed E-state index contributed by atoms with van der Waals surface area (Å²) in [5.74, 6) is 0. The number of nitrogens with zero attached hydrogens (tertiary/aromatic N) is 3. The van der Waals surface area contributed by atoms with Crippen LogP contribution in [0.2, 0.25) is 0 Å². The van der Waals surface area contributed by atoms with E-state index in [0.717, 1.165) is 17.0 Å². The van der Waals surface area contributed by atoms with Gasteiger partial charge in [0.2, 0.25) is 0 Å². The molecule has 0 spiro atoms. The summed E-state index contributed by atoms with van der Waals surface area (Å²) in [6.45, 7) is 1.86. The second-order valence-corrected chi connectivity index (χ2v) is 2.04. The van der Waals surface area contributed by atoms with E-state index >= 15 is 0 Å². The second kappa shape index (κ2) is 1.76. The molecule has 0 aromatic carbocycles. The van der Waals surface area contributed by atoms with Crippen molar-refractivity contribution < 1.29 is 4.52 Å². The number of fused-ring (bicyclic) bond motifs is 1. The van der Waals surface area contributed by atoms with Gasteiger partial charge in [-0.25, -0.2) is 0 Å². The number of aromatic nitrogens is 3. The van der Waals surface area contributed by atoms with Crippen molar-refractivity contribution in [2.75, 3.05) is 0 Å². The van der Waals surface area contributed by atoms with Crippen LogP contribution in [-0.2, 0) is 0 Å². The first-order chi connectivity index (χ1) is 4.88. The molecule has 50 valence electrons. The average Bonchev–Trinajstić information content (AvgIpc) is 2.36. The lowest BCUT2D eigenvalue weighted by atomic mass is 10.2. The Kier molecular flexibility index (Phi) is 0.943. The molecule has 0 amide bonds. The van der Waals surface area contributed by atoms with Gasteiger partial charge in [-0.2, -0.15) is 5.10 Å². The Bertz CT molecular complexity index is 317. The highest BCUT2D eigenvalue weighted by molar-refractivity contribution is 5.59. The molecule has 2 aliphatic rings. The van der Waals surface area contributed by atoms with Gasteiger partial charge in [0.15, 0.2) is 0 Å². The smallest absolute Gasteiger partial charge is 0.150 e. The minimum Gasteiger partial charge on any atom is -0.362 e. The molecule has 0 fully saturated rings. The molecule has 0 saturated heterocycles. The molecular weight excluding hydrogens is 130 g/mol. The molecule has 10 heavy (non-hydrogen) atoms. The number of hydrogen-bond donors (Lipinski definition) is 0. The summed E-state index contributed by atoms with van der Waals surface area (Å²) in [5.41, 5.74) is 2.53. The molecule has 2 rings (SSSR count). The lowest BCUT2D eigenvalue weighted by molar-refractivity contribution is 0.392. The summed E-state index contributed by atoms with van der Waals surface area (Å²) >= 11 is 0. The van der Waals surface area contributed by atoms with Gasteiger partial charge in [0, 0.05) is 0 Å². The summed E-state index contributed by atoms with van der Waals surface area (Å²) in [5, 5.41) is 11.2. The van der Waals surface area contributed by atoms with Crippen LogP contribution in [0.25, 0.3) is 11.3 Å². The van der Waals surface area contributed by atoms with Gasteiger partial charge in [0.1, 0.15) is 12.0 Å². The van der Waals surface area contributed by atoms with Crippen LogP contribution in [0.5, 0.6) is 0 Å². The van der Waals surface area contributed by atoms with Crippen molar-refractivity contribution >= 4 is 0 Å². The first kappa shape index (κ1) is 5.34. The number of rotatable bonds is 0. The van der Waals surface area contributed by atoms with Crippen LogP contribution in [0.1, 0.15) is 5.69 Å². The Balaban J connectivity index is 2.80. The fourth-order valence-corrected chi connectivity index (χ4v) is 0.839. The van der Waals surface area contributed by atoms with Crippen LogP contribution in [0.15, 0.2) is 17.0 Å². The van der Waals surface area contributed by atoms with Gasteiger partial charge in [0.05, 0.1) is 17.5 Å². The zero-order valence-electron chi connectivity index (χ0n) is 5.40. The molecule has 4 nitrogen and oxygen atoms in total. The third-order valence-corrected chi connectivity index (χ3v) is 1.37. The van der Waals surface area contributed by atoms with Crippen LogP contribution >= 0.6 is 0 Å². The molecular formula is C6H5N3O. The molecule has 4 heteroatoms. The molecule has 0 radical (unpaired) electrons. The SMILES string of the molecule is Cc1nocc2nncc1-2. The Morgan fingerprint density at radius 3 is 3.20 bits per heavy atom. The van der Waals surface area contributed by atoms with Gasteiger partial charge in [-0.3, -0.25) is 0 Å². The fraction of sp³-hybridized carbons (Fsp3) is 0.167. The van der Waals surface area contributed by atoms with Crippen molar-refractivity contribution in [3.05, 3.63) is 18.2 Å². The molecule has 0 saturated carbocycles. The highest BCUT2D eigenvalue weighted by Gasteiger charge is 2.08. The lowest BCUT2D eigenvalue weighted by Crippen LogP contribution is -1.84. The average molecular weight is 135 g/mol. The molecule has 0 N–H and O–H groups in total. The zero-order chi connectivity index (χ0) is 6.97. The van der Waals surface area contributed by atoms with Gasteiger partial charge in [-0.15, -0.1) is 5.10 Å². The van der Waals surface area contributed by atoms with E-state index < -0.39 is 0 Å².